The average Bonchev–Trinajstić information content (AvgIpc) is 2.65. The van der Waals surface area contributed by atoms with Crippen molar-refractivity contribution in [3.63, 3.8) is 0 Å². The lowest BCUT2D eigenvalue weighted by Gasteiger charge is -2.16. The number of benzene rings is 1. The summed E-state index contributed by atoms with van der Waals surface area (Å²) < 4.78 is 44.6. The van der Waals surface area contributed by atoms with Crippen LogP contribution in [0, 0.1) is 0 Å². The second kappa shape index (κ2) is 11.3. The molecular formula is C18H21ClF3IN4O. The zero-order valence-electron chi connectivity index (χ0n) is 15.3. The van der Waals surface area contributed by atoms with Gasteiger partial charge in [-0.1, -0.05) is 23.7 Å². The van der Waals surface area contributed by atoms with Gasteiger partial charge >= 0.3 is 6.18 Å². The summed E-state index contributed by atoms with van der Waals surface area (Å²) in [5, 5.41) is 6.37. The highest BCUT2D eigenvalue weighted by Crippen LogP contribution is 2.34. The van der Waals surface area contributed by atoms with E-state index in [1.54, 1.807) is 19.3 Å². The van der Waals surface area contributed by atoms with Gasteiger partial charge in [0, 0.05) is 26.3 Å². The molecule has 2 N–H and O–H groups in total. The minimum atomic E-state index is -4.47. The fourth-order valence-corrected chi connectivity index (χ4v) is 2.49. The van der Waals surface area contributed by atoms with Crippen LogP contribution in [0.4, 0.5) is 13.2 Å². The highest BCUT2D eigenvalue weighted by molar-refractivity contribution is 14.0. The number of aromatic nitrogens is 1. The van der Waals surface area contributed by atoms with E-state index in [1.807, 2.05) is 6.07 Å². The van der Waals surface area contributed by atoms with E-state index < -0.39 is 11.7 Å². The molecule has 5 nitrogen and oxygen atoms in total. The van der Waals surface area contributed by atoms with Gasteiger partial charge in [-0.2, -0.15) is 13.2 Å². The molecule has 0 aliphatic carbocycles. The van der Waals surface area contributed by atoms with Crippen molar-refractivity contribution in [1.82, 2.24) is 15.6 Å². The van der Waals surface area contributed by atoms with Gasteiger partial charge < -0.3 is 15.4 Å². The van der Waals surface area contributed by atoms with Crippen molar-refractivity contribution in [2.45, 2.75) is 19.1 Å². The van der Waals surface area contributed by atoms with E-state index in [1.165, 1.54) is 19.2 Å². The number of aliphatic imine (C=N–C) groups is 1. The molecule has 1 aromatic carbocycles. The summed E-state index contributed by atoms with van der Waals surface area (Å²) in [6, 6.07) is 7.44. The monoisotopic (exact) mass is 528 g/mol. The maximum Gasteiger partial charge on any atom is 0.416 e. The third kappa shape index (κ3) is 7.34. The van der Waals surface area contributed by atoms with Crippen molar-refractivity contribution in [2.24, 2.45) is 4.99 Å². The van der Waals surface area contributed by atoms with Crippen LogP contribution in [-0.2, 0) is 19.1 Å². The molecule has 0 spiro atoms. The van der Waals surface area contributed by atoms with Crippen molar-refractivity contribution in [1.29, 1.82) is 0 Å². The van der Waals surface area contributed by atoms with Crippen LogP contribution in [0.15, 0.2) is 41.5 Å². The second-order valence-electron chi connectivity index (χ2n) is 5.61. The molecule has 0 saturated heterocycles. The van der Waals surface area contributed by atoms with Crippen molar-refractivity contribution < 1.29 is 17.9 Å². The molecule has 0 fully saturated rings. The predicted molar refractivity (Wildman–Crippen MR) is 115 cm³/mol. The van der Waals surface area contributed by atoms with E-state index in [0.29, 0.717) is 24.1 Å². The van der Waals surface area contributed by atoms with Crippen molar-refractivity contribution >= 4 is 41.5 Å². The Morgan fingerprint density at radius 3 is 2.54 bits per heavy atom. The molecule has 0 amide bonds. The Morgan fingerprint density at radius 2 is 1.96 bits per heavy atom. The first-order valence-electron chi connectivity index (χ1n) is 8.12. The Balaban J connectivity index is 0.00000392. The van der Waals surface area contributed by atoms with E-state index in [-0.39, 0.29) is 41.8 Å². The lowest BCUT2D eigenvalue weighted by Crippen LogP contribution is -2.38. The van der Waals surface area contributed by atoms with Crippen LogP contribution in [0.1, 0.15) is 16.7 Å². The van der Waals surface area contributed by atoms with Gasteiger partial charge in [-0.25, -0.2) is 4.98 Å². The van der Waals surface area contributed by atoms with Gasteiger partial charge in [-0.05, 0) is 35.7 Å². The SMILES string of the molecule is CN=C(NCCc1ccc(Cl)nc1)NCc1ccc(OC)cc1C(F)(F)F.I. The highest BCUT2D eigenvalue weighted by atomic mass is 127. The molecule has 28 heavy (non-hydrogen) atoms. The highest BCUT2D eigenvalue weighted by Gasteiger charge is 2.33. The van der Waals surface area contributed by atoms with Crippen LogP contribution in [0.25, 0.3) is 0 Å². The van der Waals surface area contributed by atoms with Crippen molar-refractivity contribution in [3.05, 3.63) is 58.4 Å². The summed E-state index contributed by atoms with van der Waals surface area (Å²) in [4.78, 5) is 8.02. The zero-order chi connectivity index (χ0) is 19.9. The first-order valence-corrected chi connectivity index (χ1v) is 8.50. The van der Waals surface area contributed by atoms with Crippen LogP contribution in [0.3, 0.4) is 0 Å². The molecule has 2 rings (SSSR count). The van der Waals surface area contributed by atoms with Crippen LogP contribution in [0.5, 0.6) is 5.75 Å². The molecule has 0 radical (unpaired) electrons. The number of pyridine rings is 1. The van der Waals surface area contributed by atoms with Gasteiger partial charge in [0.05, 0.1) is 12.7 Å². The number of guanidine groups is 1. The Kier molecular flexibility index (Phi) is 9.80. The number of methoxy groups -OCH3 is 1. The summed E-state index contributed by atoms with van der Waals surface area (Å²) in [5.74, 6) is 0.561. The molecule has 1 heterocycles. The molecule has 154 valence electrons. The molecule has 1 aromatic heterocycles. The van der Waals surface area contributed by atoms with Gasteiger partial charge in [0.1, 0.15) is 10.9 Å². The quantitative estimate of drug-likeness (QED) is 0.254. The van der Waals surface area contributed by atoms with Crippen LogP contribution < -0.4 is 15.4 Å². The first-order chi connectivity index (χ1) is 12.8. The minimum Gasteiger partial charge on any atom is -0.497 e. The molecule has 0 unspecified atom stereocenters. The molecule has 2 aromatic rings. The number of nitrogens with one attached hydrogen (secondary N) is 2. The average molecular weight is 529 g/mol. The largest absolute Gasteiger partial charge is 0.497 e. The predicted octanol–water partition coefficient (Wildman–Crippen LogP) is 4.29. The van der Waals surface area contributed by atoms with Gasteiger partial charge in [-0.15, -0.1) is 24.0 Å². The van der Waals surface area contributed by atoms with Gasteiger partial charge in [-0.3, -0.25) is 4.99 Å². The van der Waals surface area contributed by atoms with E-state index in [2.05, 4.69) is 20.6 Å². The number of halogens is 5. The Bertz CT molecular complexity index is 785. The smallest absolute Gasteiger partial charge is 0.416 e. The van der Waals surface area contributed by atoms with E-state index in [9.17, 15) is 13.2 Å². The minimum absolute atomic E-state index is 0. The normalized spacial score (nSPS) is 11.6. The lowest BCUT2D eigenvalue weighted by molar-refractivity contribution is -0.138. The van der Waals surface area contributed by atoms with Crippen molar-refractivity contribution in [2.75, 3.05) is 20.7 Å². The number of rotatable bonds is 6. The number of ether oxygens (including phenoxy) is 1. The molecular weight excluding hydrogens is 508 g/mol. The second-order valence-corrected chi connectivity index (χ2v) is 6.00. The van der Waals surface area contributed by atoms with E-state index in [0.717, 1.165) is 11.6 Å². The topological polar surface area (TPSA) is 58.5 Å². The van der Waals surface area contributed by atoms with Crippen LogP contribution >= 0.6 is 35.6 Å². The Labute approximate surface area is 183 Å². The van der Waals surface area contributed by atoms with Gasteiger partial charge in [0.25, 0.3) is 0 Å². The van der Waals surface area contributed by atoms with Crippen LogP contribution in [0.2, 0.25) is 5.15 Å². The Hall–Kier alpha value is -1.75. The van der Waals surface area contributed by atoms with Gasteiger partial charge in [0.2, 0.25) is 0 Å². The third-order valence-electron chi connectivity index (χ3n) is 3.79. The van der Waals surface area contributed by atoms with Gasteiger partial charge in [0.15, 0.2) is 5.96 Å². The number of hydrogen-bond acceptors (Lipinski definition) is 3. The first kappa shape index (κ1) is 24.3. The molecule has 10 heteroatoms. The maximum atomic E-state index is 13.2. The summed E-state index contributed by atoms with van der Waals surface area (Å²) in [6.07, 6.45) is -2.13. The van der Waals surface area contributed by atoms with Crippen LogP contribution in [-0.4, -0.2) is 31.6 Å². The molecule has 0 atom stereocenters. The zero-order valence-corrected chi connectivity index (χ0v) is 18.4. The lowest BCUT2D eigenvalue weighted by atomic mass is 10.1. The third-order valence-corrected chi connectivity index (χ3v) is 4.01. The molecule has 0 bridgehead atoms. The summed E-state index contributed by atoms with van der Waals surface area (Å²) >= 11 is 5.74. The molecule has 0 saturated carbocycles. The van der Waals surface area contributed by atoms with Crippen molar-refractivity contribution in [3.8, 4) is 5.75 Å². The summed E-state index contributed by atoms with van der Waals surface area (Å²) in [7, 11) is 2.88. The number of hydrogen-bond donors (Lipinski definition) is 2. The summed E-state index contributed by atoms with van der Waals surface area (Å²) in [5.41, 5.74) is 0.349. The fourth-order valence-electron chi connectivity index (χ4n) is 2.38. The fraction of sp³-hybridized carbons (Fsp3) is 0.333. The Morgan fingerprint density at radius 1 is 1.21 bits per heavy atom. The standard InChI is InChI=1S/C18H20ClF3N4O.HI/c1-23-17(24-8-7-12-3-6-16(19)25-10-12)26-11-13-4-5-14(27-2)9-15(13)18(20,21)22;/h3-6,9-10H,7-8,11H2,1-2H3,(H2,23,24,26);1H. The number of alkyl halides is 3. The molecule has 0 aliphatic rings. The van der Waals surface area contributed by atoms with E-state index in [4.69, 9.17) is 16.3 Å². The summed E-state index contributed by atoms with van der Waals surface area (Å²) in [6.45, 7) is 0.513. The number of nitrogens with zero attached hydrogens (tertiary/aromatic N) is 2. The van der Waals surface area contributed by atoms with E-state index >= 15 is 0 Å². The molecule has 0 aliphatic heterocycles. The maximum absolute atomic E-state index is 13.2.